The Morgan fingerprint density at radius 1 is 1.22 bits per heavy atom. The van der Waals surface area contributed by atoms with Crippen LogP contribution in [0.4, 0.5) is 10.3 Å². The number of aromatic hydroxyl groups is 2. The van der Waals surface area contributed by atoms with Gasteiger partial charge in [0.2, 0.25) is 11.5 Å². The lowest BCUT2D eigenvalue weighted by Crippen LogP contribution is -1.99. The highest BCUT2D eigenvalue weighted by molar-refractivity contribution is 7.85. The molecule has 18 heavy (non-hydrogen) atoms. The van der Waals surface area contributed by atoms with E-state index in [0.717, 1.165) is 0 Å². The largest absolute Gasteiger partial charge is 0.502 e. The molecule has 0 aliphatic rings. The Hall–Kier alpha value is -2.02. The van der Waals surface area contributed by atoms with Gasteiger partial charge in [-0.15, -0.1) is 0 Å². The van der Waals surface area contributed by atoms with E-state index in [0.29, 0.717) is 5.56 Å². The molecular weight excluding hydrogens is 261 g/mol. The van der Waals surface area contributed by atoms with E-state index < -0.39 is 28.3 Å². The van der Waals surface area contributed by atoms with Crippen LogP contribution in [0.15, 0.2) is 28.7 Å². The van der Waals surface area contributed by atoms with Crippen LogP contribution in [0, 0.1) is 5.82 Å². The molecule has 0 fully saturated rings. The SMILES string of the molecule is CS(=O)Nc1oc(-c2ccc(F)cc2)c(O)c1O. The van der Waals surface area contributed by atoms with Gasteiger partial charge in [0.05, 0.1) is 0 Å². The molecule has 1 aromatic heterocycles. The molecule has 1 heterocycles. The summed E-state index contributed by atoms with van der Waals surface area (Å²) in [6, 6.07) is 5.17. The molecule has 96 valence electrons. The molecule has 0 bridgehead atoms. The third-order valence-electron chi connectivity index (χ3n) is 2.20. The van der Waals surface area contributed by atoms with Crippen molar-refractivity contribution >= 4 is 16.9 Å². The Kier molecular flexibility index (Phi) is 3.24. The average Bonchev–Trinajstić information content (AvgIpc) is 2.58. The van der Waals surface area contributed by atoms with Crippen molar-refractivity contribution in [2.24, 2.45) is 0 Å². The van der Waals surface area contributed by atoms with Gasteiger partial charge in [0, 0.05) is 11.8 Å². The molecule has 2 rings (SSSR count). The fourth-order valence-electron chi connectivity index (χ4n) is 1.41. The van der Waals surface area contributed by atoms with E-state index in [9.17, 15) is 18.8 Å². The maximum atomic E-state index is 12.8. The first kappa shape index (κ1) is 12.4. The van der Waals surface area contributed by atoms with Crippen LogP contribution in [-0.2, 0) is 11.0 Å². The topological polar surface area (TPSA) is 82.7 Å². The number of hydrogen-bond acceptors (Lipinski definition) is 4. The fraction of sp³-hybridized carbons (Fsp3) is 0.0909. The standard InChI is InChI=1S/C11H10FNO4S/c1-18(16)13-11-9(15)8(14)10(17-11)6-2-4-7(12)5-3-6/h2-5,13-15H,1H3. The summed E-state index contributed by atoms with van der Waals surface area (Å²) in [5.41, 5.74) is 0.388. The first-order chi connectivity index (χ1) is 8.49. The minimum absolute atomic E-state index is 0.0274. The number of halogens is 1. The normalized spacial score (nSPS) is 12.3. The number of hydrogen-bond donors (Lipinski definition) is 3. The van der Waals surface area contributed by atoms with Gasteiger partial charge in [0.15, 0.2) is 5.76 Å². The molecule has 0 saturated heterocycles. The molecule has 0 aliphatic carbocycles. The highest BCUT2D eigenvalue weighted by Crippen LogP contribution is 2.45. The number of benzene rings is 1. The molecule has 5 nitrogen and oxygen atoms in total. The van der Waals surface area contributed by atoms with Crippen molar-refractivity contribution in [3.05, 3.63) is 30.1 Å². The molecule has 0 aliphatic heterocycles. The van der Waals surface area contributed by atoms with Gasteiger partial charge >= 0.3 is 0 Å². The van der Waals surface area contributed by atoms with Crippen LogP contribution in [0.2, 0.25) is 0 Å². The Labute approximate surface area is 104 Å². The van der Waals surface area contributed by atoms with Crippen LogP contribution >= 0.6 is 0 Å². The summed E-state index contributed by atoms with van der Waals surface area (Å²) in [5, 5.41) is 19.2. The summed E-state index contributed by atoms with van der Waals surface area (Å²) in [4.78, 5) is 0. The minimum Gasteiger partial charge on any atom is -0.502 e. The maximum Gasteiger partial charge on any atom is 0.252 e. The van der Waals surface area contributed by atoms with E-state index in [2.05, 4.69) is 4.72 Å². The first-order valence-corrected chi connectivity index (χ1v) is 6.45. The van der Waals surface area contributed by atoms with Crippen molar-refractivity contribution in [1.82, 2.24) is 0 Å². The highest BCUT2D eigenvalue weighted by atomic mass is 32.2. The van der Waals surface area contributed by atoms with Gasteiger partial charge in [-0.2, -0.15) is 0 Å². The fourth-order valence-corrected chi connectivity index (χ4v) is 1.81. The summed E-state index contributed by atoms with van der Waals surface area (Å²) < 4.78 is 31.2. The Bertz CT molecular complexity index is 594. The molecule has 1 atom stereocenters. The van der Waals surface area contributed by atoms with Crippen LogP contribution in [0.5, 0.6) is 11.5 Å². The molecule has 0 saturated carbocycles. The van der Waals surface area contributed by atoms with E-state index in [1.807, 2.05) is 0 Å². The van der Waals surface area contributed by atoms with Gasteiger partial charge in [0.1, 0.15) is 16.8 Å². The van der Waals surface area contributed by atoms with Crippen molar-refractivity contribution in [3.63, 3.8) is 0 Å². The first-order valence-electron chi connectivity index (χ1n) is 4.89. The summed E-state index contributed by atoms with van der Waals surface area (Å²) in [6.45, 7) is 0. The summed E-state index contributed by atoms with van der Waals surface area (Å²) >= 11 is 0. The highest BCUT2D eigenvalue weighted by Gasteiger charge is 2.21. The van der Waals surface area contributed by atoms with Gasteiger partial charge < -0.3 is 14.6 Å². The van der Waals surface area contributed by atoms with Gasteiger partial charge in [-0.3, -0.25) is 4.72 Å². The molecule has 1 aromatic carbocycles. The zero-order chi connectivity index (χ0) is 13.3. The lowest BCUT2D eigenvalue weighted by Gasteiger charge is -1.97. The minimum atomic E-state index is -1.46. The molecule has 3 N–H and O–H groups in total. The Balaban J connectivity index is 2.45. The molecule has 1 unspecified atom stereocenters. The van der Waals surface area contributed by atoms with Crippen molar-refractivity contribution in [1.29, 1.82) is 0 Å². The molecular formula is C11H10FNO4S. The quantitative estimate of drug-likeness (QED) is 0.799. The second-order valence-electron chi connectivity index (χ2n) is 3.52. The monoisotopic (exact) mass is 271 g/mol. The van der Waals surface area contributed by atoms with Crippen LogP contribution in [0.3, 0.4) is 0 Å². The van der Waals surface area contributed by atoms with Gasteiger partial charge in [-0.1, -0.05) is 0 Å². The number of anilines is 1. The van der Waals surface area contributed by atoms with E-state index >= 15 is 0 Å². The lowest BCUT2D eigenvalue weighted by molar-refractivity contribution is 0.410. The van der Waals surface area contributed by atoms with Crippen LogP contribution in [0.1, 0.15) is 0 Å². The third-order valence-corrected chi connectivity index (χ3v) is 2.67. The van der Waals surface area contributed by atoms with E-state index in [-0.39, 0.29) is 11.6 Å². The van der Waals surface area contributed by atoms with Crippen LogP contribution in [0.25, 0.3) is 11.3 Å². The van der Waals surface area contributed by atoms with Crippen molar-refractivity contribution < 1.29 is 23.2 Å². The summed E-state index contributed by atoms with van der Waals surface area (Å²) in [7, 11) is -1.46. The summed E-state index contributed by atoms with van der Waals surface area (Å²) in [5.74, 6) is -1.69. The third kappa shape index (κ3) is 2.30. The van der Waals surface area contributed by atoms with Gasteiger partial charge in [-0.25, -0.2) is 8.60 Å². The Morgan fingerprint density at radius 2 is 1.83 bits per heavy atom. The smallest absolute Gasteiger partial charge is 0.252 e. The maximum absolute atomic E-state index is 12.8. The summed E-state index contributed by atoms with van der Waals surface area (Å²) in [6.07, 6.45) is 1.34. The molecule has 7 heteroatoms. The lowest BCUT2D eigenvalue weighted by atomic mass is 10.1. The molecule has 0 amide bonds. The molecule has 0 spiro atoms. The van der Waals surface area contributed by atoms with E-state index in [1.165, 1.54) is 30.5 Å². The molecule has 0 radical (unpaired) electrons. The average molecular weight is 271 g/mol. The predicted molar refractivity (Wildman–Crippen MR) is 65.1 cm³/mol. The number of nitrogens with one attached hydrogen (secondary N) is 1. The zero-order valence-corrected chi connectivity index (χ0v) is 10.1. The van der Waals surface area contributed by atoms with Crippen molar-refractivity contribution in [2.45, 2.75) is 0 Å². The van der Waals surface area contributed by atoms with Crippen LogP contribution < -0.4 is 4.72 Å². The predicted octanol–water partition coefficient (Wildman–Crippen LogP) is 2.20. The zero-order valence-electron chi connectivity index (χ0n) is 9.31. The second-order valence-corrected chi connectivity index (χ2v) is 4.63. The number of rotatable bonds is 3. The van der Waals surface area contributed by atoms with Gasteiger partial charge in [0.25, 0.3) is 5.88 Å². The van der Waals surface area contributed by atoms with Crippen molar-refractivity contribution in [2.75, 3.05) is 11.0 Å². The second kappa shape index (κ2) is 4.69. The van der Waals surface area contributed by atoms with Crippen molar-refractivity contribution in [3.8, 4) is 22.8 Å². The number of furan rings is 1. The van der Waals surface area contributed by atoms with Crippen LogP contribution in [-0.4, -0.2) is 20.7 Å². The van der Waals surface area contributed by atoms with E-state index in [1.54, 1.807) is 0 Å². The van der Waals surface area contributed by atoms with Gasteiger partial charge in [-0.05, 0) is 24.3 Å². The molecule has 2 aromatic rings. The van der Waals surface area contributed by atoms with E-state index in [4.69, 9.17) is 4.42 Å². The Morgan fingerprint density at radius 3 is 2.39 bits per heavy atom.